The molecule has 1 unspecified atom stereocenters. The summed E-state index contributed by atoms with van der Waals surface area (Å²) in [5.74, 6) is 0. The van der Waals surface area contributed by atoms with Gasteiger partial charge in [-0.05, 0) is 24.4 Å². The van der Waals surface area contributed by atoms with E-state index in [9.17, 15) is 4.79 Å². The highest BCUT2D eigenvalue weighted by Crippen LogP contribution is 2.16. The minimum atomic E-state index is -0.103. The maximum Gasteiger partial charge on any atom is 0.251 e. The smallest absolute Gasteiger partial charge is 0.251 e. The third-order valence-electron chi connectivity index (χ3n) is 2.21. The maximum absolute atomic E-state index is 11.6. The van der Waals surface area contributed by atoms with Crippen LogP contribution in [0.2, 0.25) is 0 Å². The Balaban J connectivity index is 2.90. The lowest BCUT2D eigenvalue weighted by Gasteiger charge is -2.12. The molecule has 0 N–H and O–H groups in total. The van der Waals surface area contributed by atoms with Gasteiger partial charge in [0.15, 0.2) is 0 Å². The van der Waals surface area contributed by atoms with Gasteiger partial charge in [0, 0.05) is 6.07 Å². The second-order valence-corrected chi connectivity index (χ2v) is 3.98. The molecule has 0 aliphatic rings. The van der Waals surface area contributed by atoms with Crippen molar-refractivity contribution in [3.8, 4) is 0 Å². The Labute approximate surface area is 87.6 Å². The molecule has 72 valence electrons. The Morgan fingerprint density at radius 3 is 2.64 bits per heavy atom. The molecule has 1 aromatic carbocycles. The molecule has 2 rings (SSSR count). The second-order valence-electron chi connectivity index (χ2n) is 3.23. The fourth-order valence-electron chi connectivity index (χ4n) is 1.59. The average Bonchev–Trinajstić information content (AvgIpc) is 2.17. The predicted molar refractivity (Wildman–Crippen MR) is 61.9 cm³/mol. The molecule has 1 heterocycles. The highest BCUT2D eigenvalue weighted by molar-refractivity contribution is 7.80. The number of nitrogens with zero attached hydrogens (tertiary/aromatic N) is 1. The molecule has 3 heteroatoms. The Morgan fingerprint density at radius 1 is 1.21 bits per heavy atom. The zero-order chi connectivity index (χ0) is 10.1. The van der Waals surface area contributed by atoms with Gasteiger partial charge in [0.2, 0.25) is 0 Å². The van der Waals surface area contributed by atoms with E-state index in [1.54, 1.807) is 10.6 Å². The maximum atomic E-state index is 11.6. The molecule has 14 heavy (non-hydrogen) atoms. The molecule has 1 atom stereocenters. The van der Waals surface area contributed by atoms with Crippen LogP contribution in [0.1, 0.15) is 12.3 Å². The highest BCUT2D eigenvalue weighted by atomic mass is 32.1. The Bertz CT molecular complexity index is 516. The molecule has 2 nitrogen and oxygen atoms in total. The lowest BCUT2D eigenvalue weighted by Crippen LogP contribution is -2.19. The van der Waals surface area contributed by atoms with Crippen molar-refractivity contribution in [2.45, 2.75) is 12.3 Å². The van der Waals surface area contributed by atoms with Crippen LogP contribution in [-0.2, 0) is 0 Å². The summed E-state index contributed by atoms with van der Waals surface area (Å²) in [5.41, 5.74) is 0.925. The van der Waals surface area contributed by atoms with Crippen molar-refractivity contribution in [3.63, 3.8) is 0 Å². The fourth-order valence-corrected chi connectivity index (χ4v) is 1.83. The Kier molecular flexibility index (Phi) is 2.33. The van der Waals surface area contributed by atoms with Crippen LogP contribution in [0.3, 0.4) is 0 Å². The van der Waals surface area contributed by atoms with Crippen molar-refractivity contribution >= 4 is 23.5 Å². The largest absolute Gasteiger partial charge is 0.296 e. The number of fused-ring (bicyclic) bond motifs is 1. The lowest BCUT2D eigenvalue weighted by molar-refractivity contribution is 0.743. The predicted octanol–water partition coefficient (Wildman–Crippen LogP) is 2.45. The van der Waals surface area contributed by atoms with Crippen LogP contribution < -0.4 is 5.56 Å². The van der Waals surface area contributed by atoms with Crippen molar-refractivity contribution in [3.05, 3.63) is 46.8 Å². The zero-order valence-electron chi connectivity index (χ0n) is 7.84. The van der Waals surface area contributed by atoms with Gasteiger partial charge in [-0.1, -0.05) is 18.2 Å². The molecule has 0 spiro atoms. The van der Waals surface area contributed by atoms with Crippen molar-refractivity contribution in [1.82, 2.24) is 4.57 Å². The van der Waals surface area contributed by atoms with Crippen molar-refractivity contribution in [2.24, 2.45) is 0 Å². The van der Waals surface area contributed by atoms with E-state index in [1.807, 2.05) is 37.3 Å². The summed E-state index contributed by atoms with van der Waals surface area (Å²) in [6.45, 7) is 1.89. The molecule has 1 aromatic heterocycles. The van der Waals surface area contributed by atoms with Crippen LogP contribution in [0.15, 0.2) is 41.2 Å². The van der Waals surface area contributed by atoms with E-state index in [-0.39, 0.29) is 10.9 Å². The van der Waals surface area contributed by atoms with Crippen LogP contribution in [0.5, 0.6) is 0 Å². The van der Waals surface area contributed by atoms with Crippen LogP contribution in [0, 0.1) is 0 Å². The van der Waals surface area contributed by atoms with E-state index in [4.69, 9.17) is 0 Å². The van der Waals surface area contributed by atoms with Crippen molar-refractivity contribution in [2.75, 3.05) is 0 Å². The molecule has 0 saturated carbocycles. The first-order valence-electron chi connectivity index (χ1n) is 4.48. The molecular formula is C11H11NOS. The quantitative estimate of drug-likeness (QED) is 0.710. The SMILES string of the molecule is CC(S)n1c(=O)ccc2ccccc21. The summed E-state index contributed by atoms with van der Waals surface area (Å²) in [6, 6.07) is 11.2. The van der Waals surface area contributed by atoms with E-state index < -0.39 is 0 Å². The first-order chi connectivity index (χ1) is 6.70. The number of benzene rings is 1. The van der Waals surface area contributed by atoms with Gasteiger partial charge in [-0.15, -0.1) is 0 Å². The molecule has 0 amide bonds. The normalized spacial score (nSPS) is 13.0. The van der Waals surface area contributed by atoms with E-state index in [0.717, 1.165) is 10.9 Å². The summed E-state index contributed by atoms with van der Waals surface area (Å²) in [7, 11) is 0. The summed E-state index contributed by atoms with van der Waals surface area (Å²) in [5, 5.41) is 0.960. The van der Waals surface area contributed by atoms with E-state index >= 15 is 0 Å². The topological polar surface area (TPSA) is 22.0 Å². The van der Waals surface area contributed by atoms with Gasteiger partial charge in [-0.2, -0.15) is 12.6 Å². The first kappa shape index (κ1) is 9.34. The number of aromatic nitrogens is 1. The van der Waals surface area contributed by atoms with E-state index in [1.165, 1.54) is 0 Å². The molecular weight excluding hydrogens is 194 g/mol. The molecule has 0 fully saturated rings. The minimum absolute atomic E-state index is 0.00815. The van der Waals surface area contributed by atoms with Crippen molar-refractivity contribution in [1.29, 1.82) is 0 Å². The summed E-state index contributed by atoms with van der Waals surface area (Å²) >= 11 is 4.30. The van der Waals surface area contributed by atoms with E-state index in [0.29, 0.717) is 0 Å². The lowest BCUT2D eigenvalue weighted by atomic mass is 10.2. The van der Waals surface area contributed by atoms with Gasteiger partial charge in [0.25, 0.3) is 5.56 Å². The van der Waals surface area contributed by atoms with Crippen LogP contribution in [-0.4, -0.2) is 4.57 Å². The Morgan fingerprint density at radius 2 is 1.93 bits per heavy atom. The number of hydrogen-bond acceptors (Lipinski definition) is 2. The van der Waals surface area contributed by atoms with Gasteiger partial charge in [-0.25, -0.2) is 0 Å². The van der Waals surface area contributed by atoms with Crippen LogP contribution in [0.4, 0.5) is 0 Å². The number of hydrogen-bond donors (Lipinski definition) is 1. The Hall–Kier alpha value is -1.22. The van der Waals surface area contributed by atoms with Gasteiger partial charge in [-0.3, -0.25) is 9.36 Å². The van der Waals surface area contributed by atoms with Gasteiger partial charge < -0.3 is 0 Å². The molecule has 0 radical (unpaired) electrons. The summed E-state index contributed by atoms with van der Waals surface area (Å²) < 4.78 is 1.68. The monoisotopic (exact) mass is 205 g/mol. The number of pyridine rings is 1. The molecule has 0 aliphatic carbocycles. The third-order valence-corrected chi connectivity index (χ3v) is 2.44. The average molecular weight is 205 g/mol. The third kappa shape index (κ3) is 1.44. The van der Waals surface area contributed by atoms with Crippen LogP contribution >= 0.6 is 12.6 Å². The zero-order valence-corrected chi connectivity index (χ0v) is 8.74. The number of rotatable bonds is 1. The molecule has 2 aromatic rings. The van der Waals surface area contributed by atoms with Gasteiger partial charge >= 0.3 is 0 Å². The standard InChI is InChI=1S/C11H11NOS/c1-8(14)12-10-5-3-2-4-9(10)6-7-11(12)13/h2-8,14H,1H3. The molecule has 0 aliphatic heterocycles. The molecule has 0 saturated heterocycles. The summed E-state index contributed by atoms with van der Waals surface area (Å²) in [6.07, 6.45) is 0. The highest BCUT2D eigenvalue weighted by Gasteiger charge is 2.05. The molecule has 0 bridgehead atoms. The van der Waals surface area contributed by atoms with Crippen LogP contribution in [0.25, 0.3) is 10.9 Å². The first-order valence-corrected chi connectivity index (χ1v) is 5.00. The van der Waals surface area contributed by atoms with Gasteiger partial charge in [0.1, 0.15) is 0 Å². The number of para-hydroxylation sites is 1. The van der Waals surface area contributed by atoms with Gasteiger partial charge in [0.05, 0.1) is 10.9 Å². The van der Waals surface area contributed by atoms with E-state index in [2.05, 4.69) is 12.6 Å². The fraction of sp³-hybridized carbons (Fsp3) is 0.182. The second kappa shape index (κ2) is 3.50. The minimum Gasteiger partial charge on any atom is -0.296 e. The summed E-state index contributed by atoms with van der Waals surface area (Å²) in [4.78, 5) is 11.6. The number of thiol groups is 1. The van der Waals surface area contributed by atoms with Crippen molar-refractivity contribution < 1.29 is 0 Å².